The summed E-state index contributed by atoms with van der Waals surface area (Å²) in [6, 6.07) is 18.4. The van der Waals surface area contributed by atoms with E-state index in [1.807, 2.05) is 0 Å². The van der Waals surface area contributed by atoms with Gasteiger partial charge in [-0.05, 0) is 65.8 Å². The maximum Gasteiger partial charge on any atom is 4.00 e. The second-order valence-electron chi connectivity index (χ2n) is 10.2. The molecular weight excluding hydrogens is 492 g/mol. The van der Waals surface area contributed by atoms with E-state index < -0.39 is 8.07 Å². The number of fused-ring (bicyclic) bond motifs is 4. The number of hydrogen-bond acceptors (Lipinski definition) is 0. The summed E-state index contributed by atoms with van der Waals surface area (Å²) in [5, 5.41) is 0. The molecule has 2 aromatic carbocycles. The molecule has 0 aliphatic heterocycles. The molecule has 2 heteroatoms. The van der Waals surface area contributed by atoms with Gasteiger partial charge in [0.05, 0.1) is 8.07 Å². The second kappa shape index (κ2) is 11.6. The molecule has 3 aliphatic rings. The zero-order chi connectivity index (χ0) is 19.6. The first kappa shape index (κ1) is 32.0. The van der Waals surface area contributed by atoms with Crippen LogP contribution in [0.3, 0.4) is 0 Å². The summed E-state index contributed by atoms with van der Waals surface area (Å²) in [6.45, 7) is 12.6. The molecule has 33 heavy (non-hydrogen) atoms. The minimum absolute atomic E-state index is 0. The van der Waals surface area contributed by atoms with Crippen molar-refractivity contribution in [3.05, 3.63) is 113 Å². The van der Waals surface area contributed by atoms with Crippen LogP contribution >= 0.6 is 0 Å². The second-order valence-corrected chi connectivity index (χ2v) is 15.0. The van der Waals surface area contributed by atoms with Crippen molar-refractivity contribution >= 4 is 8.07 Å². The van der Waals surface area contributed by atoms with Crippen LogP contribution in [0.5, 0.6) is 0 Å². The van der Waals surface area contributed by atoms with Crippen LogP contribution in [0.15, 0.2) is 71.8 Å². The topological polar surface area (TPSA) is 0 Å². The molecule has 5 rings (SSSR count). The third kappa shape index (κ3) is 4.90. The van der Waals surface area contributed by atoms with Crippen molar-refractivity contribution in [3.63, 3.8) is 0 Å². The molecule has 0 bridgehead atoms. The van der Waals surface area contributed by atoms with Gasteiger partial charge in [-0.25, -0.2) is 0 Å². The first-order valence-electron chi connectivity index (χ1n) is 10.9. The maximum absolute atomic E-state index is 2.69. The molecule has 176 valence electrons. The minimum atomic E-state index is -1.64. The third-order valence-corrected chi connectivity index (χ3v) is 12.8. The molecule has 3 aliphatic carbocycles. The van der Waals surface area contributed by atoms with Crippen molar-refractivity contribution in [1.29, 1.82) is 0 Å². The standard InChI is InChI=1S/C27H32Si.4CH3.Zr/c1-17-14-18(2)24-16-19(3)26(25(24)15-17)28(4,5)27-22-12-8-6-10-20(22)21-11-7-9-13-23(21)27;;;;;/h6-15,19,24-27H,16H2,1-5H3;4*1H3;/q;4*-1;+4. The van der Waals surface area contributed by atoms with E-state index in [1.165, 1.54) is 23.1 Å². The molecular formula is C31H44SiZr. The van der Waals surface area contributed by atoms with E-state index in [2.05, 4.69) is 94.5 Å². The Kier molecular flexibility index (Phi) is 11.3. The molecule has 0 N–H and O–H groups in total. The number of rotatable bonds is 2. The predicted octanol–water partition coefficient (Wildman–Crippen LogP) is 9.39. The Labute approximate surface area is 226 Å². The summed E-state index contributed by atoms with van der Waals surface area (Å²) in [5.74, 6) is 2.31. The van der Waals surface area contributed by atoms with Crippen LogP contribution in [0.2, 0.25) is 18.6 Å². The molecule has 2 aromatic rings. The van der Waals surface area contributed by atoms with Gasteiger partial charge in [-0.2, -0.15) is 0 Å². The SMILES string of the molecule is CC1=CC2C(CC(C)C2[Si](C)(C)C2c3ccccc3-c3ccccc32)C(C)=C1.[CH3-].[CH3-].[CH3-].[CH3-].[Zr+4]. The van der Waals surface area contributed by atoms with Crippen molar-refractivity contribution in [2.45, 2.75) is 51.4 Å². The van der Waals surface area contributed by atoms with Gasteiger partial charge in [0.25, 0.3) is 0 Å². The van der Waals surface area contributed by atoms with Crippen molar-refractivity contribution in [3.8, 4) is 11.1 Å². The summed E-state index contributed by atoms with van der Waals surface area (Å²) >= 11 is 0. The molecule has 0 spiro atoms. The van der Waals surface area contributed by atoms with E-state index >= 15 is 0 Å². The van der Waals surface area contributed by atoms with Gasteiger partial charge in [-0.3, -0.25) is 0 Å². The molecule has 1 fully saturated rings. The molecule has 4 atom stereocenters. The van der Waals surface area contributed by atoms with Gasteiger partial charge in [-0.15, -0.1) is 0 Å². The maximum atomic E-state index is 2.69. The Hall–Kier alpha value is -0.980. The van der Waals surface area contributed by atoms with Crippen molar-refractivity contribution < 1.29 is 26.2 Å². The van der Waals surface area contributed by atoms with Gasteiger partial charge in [0, 0.05) is 5.54 Å². The monoisotopic (exact) mass is 534 g/mol. The fourth-order valence-electron chi connectivity index (χ4n) is 7.24. The van der Waals surface area contributed by atoms with Crippen LogP contribution in [0.25, 0.3) is 11.1 Å². The van der Waals surface area contributed by atoms with E-state index in [0.717, 1.165) is 23.3 Å². The van der Waals surface area contributed by atoms with Gasteiger partial charge in [0.15, 0.2) is 0 Å². The van der Waals surface area contributed by atoms with Crippen molar-refractivity contribution in [2.75, 3.05) is 0 Å². The van der Waals surface area contributed by atoms with Gasteiger partial charge in [0.2, 0.25) is 0 Å². The molecule has 0 amide bonds. The normalized spacial score (nSPS) is 24.6. The van der Waals surface area contributed by atoms with Gasteiger partial charge >= 0.3 is 26.2 Å². The van der Waals surface area contributed by atoms with Crippen LogP contribution in [0.4, 0.5) is 0 Å². The number of hydrogen-bond donors (Lipinski definition) is 0. The summed E-state index contributed by atoms with van der Waals surface area (Å²) in [6.07, 6.45) is 6.44. The fraction of sp³-hybridized carbons (Fsp3) is 0.355. The fourth-order valence-corrected chi connectivity index (χ4v) is 12.7. The number of allylic oxidation sites excluding steroid dienone is 4. The van der Waals surface area contributed by atoms with Crippen molar-refractivity contribution in [2.24, 2.45) is 17.8 Å². The molecule has 0 aromatic heterocycles. The molecule has 4 unspecified atom stereocenters. The Bertz CT molecular complexity index is 954. The zero-order valence-corrected chi connectivity index (χ0v) is 25.8. The Balaban J connectivity index is 0.00000205. The Morgan fingerprint density at radius 3 is 1.79 bits per heavy atom. The Morgan fingerprint density at radius 2 is 1.27 bits per heavy atom. The molecule has 0 saturated heterocycles. The zero-order valence-electron chi connectivity index (χ0n) is 22.4. The van der Waals surface area contributed by atoms with Crippen LogP contribution in [0, 0.1) is 47.5 Å². The third-order valence-electron chi connectivity index (χ3n) is 8.05. The van der Waals surface area contributed by atoms with E-state index in [1.54, 1.807) is 16.7 Å². The smallest absolute Gasteiger partial charge is 0.358 e. The summed E-state index contributed by atoms with van der Waals surface area (Å²) in [7, 11) is -1.64. The number of benzene rings is 2. The van der Waals surface area contributed by atoms with E-state index in [9.17, 15) is 0 Å². The predicted molar refractivity (Wildman–Crippen MR) is 149 cm³/mol. The average molecular weight is 536 g/mol. The van der Waals surface area contributed by atoms with Gasteiger partial charge < -0.3 is 29.7 Å². The molecule has 1 saturated carbocycles. The van der Waals surface area contributed by atoms with Crippen LogP contribution < -0.4 is 0 Å². The minimum Gasteiger partial charge on any atom is -0.358 e. The Morgan fingerprint density at radius 1 is 0.788 bits per heavy atom. The molecule has 0 radical (unpaired) electrons. The van der Waals surface area contributed by atoms with E-state index in [-0.39, 0.29) is 55.9 Å². The van der Waals surface area contributed by atoms with E-state index in [0.29, 0.717) is 5.54 Å². The molecule has 0 nitrogen and oxygen atoms in total. The summed E-state index contributed by atoms with van der Waals surface area (Å²) in [5.41, 5.74) is 10.7. The first-order valence-corrected chi connectivity index (χ1v) is 14.1. The van der Waals surface area contributed by atoms with Crippen molar-refractivity contribution in [1.82, 2.24) is 0 Å². The summed E-state index contributed by atoms with van der Waals surface area (Å²) in [4.78, 5) is 0. The quantitative estimate of drug-likeness (QED) is 0.265. The van der Waals surface area contributed by atoms with Crippen LogP contribution in [0.1, 0.15) is 43.9 Å². The van der Waals surface area contributed by atoms with Gasteiger partial charge in [0.1, 0.15) is 0 Å². The van der Waals surface area contributed by atoms with Crippen LogP contribution in [-0.2, 0) is 26.2 Å². The van der Waals surface area contributed by atoms with E-state index in [4.69, 9.17) is 0 Å². The summed E-state index contributed by atoms with van der Waals surface area (Å²) < 4.78 is 0. The largest absolute Gasteiger partial charge is 4.00 e. The average Bonchev–Trinajstić information content (AvgIpc) is 3.17. The molecule has 0 heterocycles. The first-order chi connectivity index (χ1) is 13.4. The van der Waals surface area contributed by atoms with Crippen LogP contribution in [-0.4, -0.2) is 8.07 Å². The van der Waals surface area contributed by atoms with Gasteiger partial charge in [-0.1, -0.05) is 91.8 Å².